The van der Waals surface area contributed by atoms with Gasteiger partial charge in [-0.2, -0.15) is 0 Å². The van der Waals surface area contributed by atoms with Crippen molar-refractivity contribution in [3.63, 3.8) is 0 Å². The van der Waals surface area contributed by atoms with E-state index < -0.39 is 60.4 Å². The number of ether oxygens (including phenoxy) is 1. The molecule has 344 valence electrons. The average molecular weight is 1110 g/mol. The van der Waals surface area contributed by atoms with Gasteiger partial charge in [-0.3, -0.25) is 4.98 Å². The van der Waals surface area contributed by atoms with Gasteiger partial charge in [-0.25, -0.2) is 0 Å². The van der Waals surface area contributed by atoms with Gasteiger partial charge in [0.1, 0.15) is 0 Å². The van der Waals surface area contributed by atoms with Crippen LogP contribution < -0.4 is 4.74 Å². The molecule has 0 aliphatic heterocycles. The normalized spacial score (nSPS) is 13.9. The zero-order valence-electron chi connectivity index (χ0n) is 48.5. The molecule has 5 heterocycles. The number of rotatable bonds is 8. The van der Waals surface area contributed by atoms with E-state index in [1.807, 2.05) is 153 Å². The minimum absolute atomic E-state index is 0.113. The Kier molecular flexibility index (Phi) is 7.92. The quantitative estimate of drug-likeness (QED) is 0.152. The maximum atomic E-state index is 9.55. The van der Waals surface area contributed by atoms with Crippen LogP contribution in [-0.2, 0) is 24.8 Å². The third kappa shape index (κ3) is 7.18. The number of hydrogen-bond acceptors (Lipinski definition) is 3. The molecule has 8 heteroatoms. The summed E-state index contributed by atoms with van der Waals surface area (Å²) in [5.74, 6) is 1.85. The van der Waals surface area contributed by atoms with Gasteiger partial charge in [-0.15, -0.1) is 0 Å². The first-order chi connectivity index (χ1) is 38.9. The van der Waals surface area contributed by atoms with E-state index >= 15 is 0 Å². The first-order valence-corrected chi connectivity index (χ1v) is 24.2. The van der Waals surface area contributed by atoms with E-state index in [-0.39, 0.29) is 33.4 Å². The molecule has 0 unspecified atom stereocenters. The molecule has 0 aliphatic rings. The Morgan fingerprint density at radius 1 is 0.479 bits per heavy atom. The molecule has 13 rings (SSSR count). The summed E-state index contributed by atoms with van der Waals surface area (Å²) in [5, 5.41) is 3.79. The molecular formula is C63H46N6OPt. The number of nitrogens with zero attached hydrogens (tertiary/aromatic N) is 6. The van der Waals surface area contributed by atoms with Crippen molar-refractivity contribution in [2.45, 2.75) is 26.2 Å². The van der Waals surface area contributed by atoms with E-state index in [0.29, 0.717) is 37.7 Å². The van der Waals surface area contributed by atoms with E-state index in [4.69, 9.17) is 17.9 Å². The summed E-state index contributed by atoms with van der Waals surface area (Å²) in [5.41, 5.74) is 7.07. The third-order valence-corrected chi connectivity index (χ3v) is 14.1. The molecule has 71 heavy (non-hydrogen) atoms. The Labute approximate surface area is 435 Å². The van der Waals surface area contributed by atoms with E-state index in [1.54, 1.807) is 18.3 Å². The summed E-state index contributed by atoms with van der Waals surface area (Å²) in [6.45, 7) is 6.52. The van der Waals surface area contributed by atoms with Gasteiger partial charge in [0.15, 0.2) is 0 Å². The Balaban J connectivity index is 1.07. The molecule has 0 amide bonds. The molecule has 7 nitrogen and oxygen atoms in total. The summed E-state index contributed by atoms with van der Waals surface area (Å²) in [6.07, 6.45) is 5.48. The van der Waals surface area contributed by atoms with Gasteiger partial charge in [0, 0.05) is 12.4 Å². The molecule has 0 atom stereocenters. The van der Waals surface area contributed by atoms with Crippen LogP contribution in [0.2, 0.25) is 0 Å². The molecular weight excluding hydrogens is 1050 g/mol. The van der Waals surface area contributed by atoms with Crippen LogP contribution in [0.25, 0.3) is 99.8 Å². The topological polar surface area (TPSA) is 54.7 Å². The number of pyridine rings is 2. The molecule has 13 aromatic rings. The number of imidazole rings is 1. The van der Waals surface area contributed by atoms with E-state index in [2.05, 4.69) is 55.7 Å². The van der Waals surface area contributed by atoms with Crippen molar-refractivity contribution < 1.29 is 37.8 Å². The fourth-order valence-electron chi connectivity index (χ4n) is 9.89. The van der Waals surface area contributed by atoms with E-state index in [9.17, 15) is 5.48 Å². The van der Waals surface area contributed by atoms with Gasteiger partial charge in [0.2, 0.25) is 0 Å². The number of aromatic nitrogens is 6. The van der Waals surface area contributed by atoms with Crippen molar-refractivity contribution in [1.29, 1.82) is 0 Å². The molecule has 8 aromatic carbocycles. The third-order valence-electron chi connectivity index (χ3n) is 13.1. The van der Waals surface area contributed by atoms with Crippen LogP contribution in [0.1, 0.15) is 40.0 Å². The monoisotopic (exact) mass is 1110 g/mol. The summed E-state index contributed by atoms with van der Waals surface area (Å²) in [6, 6.07) is 41.1. The standard InChI is InChI=1S/C63H46N6O.Pt/c1-63(2,3)44-31-34-65-61(35-44)69-57-32-33-64-40-54(57)51-30-29-48(39-60(51)69)70-47-22-16-21-45(36-47)66-41-67(59-28-15-14-27-58(59)66)62-52(42-17-6-4-7-18-42)37-46(38-53(62)43-19-8-5-9-20-43)68-55-25-12-10-23-49(55)50-24-11-13-26-56(50)68;/h4-40H,1-3H3;/i4D,5D,6D,7D,8D,9D,17D,18D,19D,20D;. The second kappa shape index (κ2) is 16.9. The number of para-hydroxylation sites is 4. The Hall–Kier alpha value is -8.38. The SMILES string of the molecule is [2H]c1c([2H])c([2H])c(-c2cc(-n3c4ccccc4c4ccccc43)cc(-c3c([2H])c([2H])c([2H])c([2H])c3[2H])c2-n2[c](=[Pt])n(-c3cccc(Oc4ccc5c6cnccc6n(-c6cc(C(C)(C)C)ccn6)c5c4)c3)c3ccccc32)c([2H])c1[2H]. The minimum atomic E-state index is -0.580. The van der Waals surface area contributed by atoms with E-state index in [1.165, 1.54) is 0 Å². The summed E-state index contributed by atoms with van der Waals surface area (Å²) in [7, 11) is 0. The fraction of sp³-hybridized carbons (Fsp3) is 0.0635. The predicted octanol–water partition coefficient (Wildman–Crippen LogP) is 15.9. The molecule has 0 bridgehead atoms. The van der Waals surface area contributed by atoms with E-state index in [0.717, 1.165) is 55.0 Å². The second-order valence-corrected chi connectivity index (χ2v) is 19.3. The predicted molar refractivity (Wildman–Crippen MR) is 286 cm³/mol. The van der Waals surface area contributed by atoms with Crippen molar-refractivity contribution in [3.8, 4) is 56.6 Å². The fourth-order valence-corrected chi connectivity index (χ4v) is 11.0. The van der Waals surface area contributed by atoms with Crippen molar-refractivity contribution in [1.82, 2.24) is 28.2 Å². The zero-order valence-corrected chi connectivity index (χ0v) is 40.8. The molecule has 0 radical (unpaired) electrons. The van der Waals surface area contributed by atoms with Gasteiger partial charge in [-0.1, -0.05) is 20.8 Å². The zero-order chi connectivity index (χ0) is 56.5. The number of fused-ring (bicyclic) bond motifs is 7. The van der Waals surface area contributed by atoms with Crippen LogP contribution in [0.15, 0.2) is 225 Å². The van der Waals surface area contributed by atoms with Crippen LogP contribution in [0, 0.1) is 3.80 Å². The van der Waals surface area contributed by atoms with Crippen molar-refractivity contribution in [2.24, 2.45) is 0 Å². The average Bonchev–Trinajstić information content (AvgIpc) is 3.57. The summed E-state index contributed by atoms with van der Waals surface area (Å²) < 4.78 is 107. The molecule has 0 spiro atoms. The summed E-state index contributed by atoms with van der Waals surface area (Å²) in [4.78, 5) is 9.31. The van der Waals surface area contributed by atoms with Crippen LogP contribution in [-0.4, -0.2) is 28.2 Å². The van der Waals surface area contributed by atoms with Crippen LogP contribution in [0.4, 0.5) is 0 Å². The first kappa shape index (κ1) is 33.2. The molecule has 0 saturated heterocycles. The Bertz CT molecular complexity index is 4700. The molecule has 0 aliphatic carbocycles. The van der Waals surface area contributed by atoms with Crippen LogP contribution in [0.5, 0.6) is 11.5 Å². The van der Waals surface area contributed by atoms with Crippen LogP contribution >= 0.6 is 0 Å². The summed E-state index contributed by atoms with van der Waals surface area (Å²) >= 11 is 2.20. The molecule has 0 N–H and O–H groups in total. The first-order valence-electron chi connectivity index (χ1n) is 28.1. The van der Waals surface area contributed by atoms with Gasteiger partial charge in [0.05, 0.1) is 0 Å². The van der Waals surface area contributed by atoms with Crippen molar-refractivity contribution in [2.75, 3.05) is 0 Å². The molecule has 0 saturated carbocycles. The Morgan fingerprint density at radius 3 is 1.73 bits per heavy atom. The van der Waals surface area contributed by atoms with Crippen molar-refractivity contribution in [3.05, 3.63) is 234 Å². The van der Waals surface area contributed by atoms with Crippen molar-refractivity contribution >= 4 is 54.6 Å². The number of benzene rings is 8. The second-order valence-electron chi connectivity index (χ2n) is 18.3. The Morgan fingerprint density at radius 2 is 1.07 bits per heavy atom. The molecule has 0 fully saturated rings. The van der Waals surface area contributed by atoms with Gasteiger partial charge in [0.25, 0.3) is 0 Å². The van der Waals surface area contributed by atoms with Gasteiger partial charge >= 0.3 is 382 Å². The maximum absolute atomic E-state index is 9.55. The van der Waals surface area contributed by atoms with Crippen LogP contribution in [0.3, 0.4) is 0 Å². The number of hydrogen-bond donors (Lipinski definition) is 0. The molecule has 5 aromatic heterocycles. The van der Waals surface area contributed by atoms with Gasteiger partial charge < -0.3 is 0 Å². The van der Waals surface area contributed by atoms with Gasteiger partial charge in [-0.05, 0) is 17.0 Å².